The highest BCUT2D eigenvalue weighted by atomic mass is 16.1. The quantitative estimate of drug-likeness (QED) is 0.791. The van der Waals surface area contributed by atoms with E-state index in [1.54, 1.807) is 12.1 Å². The average molecular weight is 280 g/mol. The van der Waals surface area contributed by atoms with Gasteiger partial charge in [-0.25, -0.2) is 4.68 Å². The summed E-state index contributed by atoms with van der Waals surface area (Å²) in [4.78, 5) is 12.4. The number of nitrogens with one attached hydrogen (secondary N) is 1. The highest BCUT2D eigenvalue weighted by molar-refractivity contribution is 5.76. The predicted octanol–water partition coefficient (Wildman–Crippen LogP) is 1.75. The number of likely N-dealkylation sites (N-methyl/N-ethyl adjacent to an activating group) is 1. The summed E-state index contributed by atoms with van der Waals surface area (Å²) in [6.07, 6.45) is 0. The standard InChI is InChI=1S/C16H16N4O/c1-17-15(12-7-3-2-4-8-12)11-20-16(21)13-9-5-6-10-14(13)18-19-20/h2-10,15,17H,11H2,1H3. The Labute approximate surface area is 122 Å². The number of rotatable bonds is 4. The second-order valence-electron chi connectivity index (χ2n) is 4.85. The number of nitrogens with zero attached hydrogens (tertiary/aromatic N) is 3. The molecular formula is C16H16N4O. The molecule has 0 saturated carbocycles. The number of benzene rings is 2. The van der Waals surface area contributed by atoms with Crippen LogP contribution >= 0.6 is 0 Å². The van der Waals surface area contributed by atoms with Crippen LogP contribution in [0.5, 0.6) is 0 Å². The van der Waals surface area contributed by atoms with E-state index >= 15 is 0 Å². The first-order valence-electron chi connectivity index (χ1n) is 6.84. The lowest BCUT2D eigenvalue weighted by atomic mass is 10.1. The Morgan fingerprint density at radius 2 is 1.81 bits per heavy atom. The van der Waals surface area contributed by atoms with Gasteiger partial charge in [0.05, 0.1) is 18.0 Å². The highest BCUT2D eigenvalue weighted by Crippen LogP contribution is 2.13. The van der Waals surface area contributed by atoms with Gasteiger partial charge in [-0.15, -0.1) is 5.10 Å². The lowest BCUT2D eigenvalue weighted by molar-refractivity contribution is 0.440. The summed E-state index contributed by atoms with van der Waals surface area (Å²) in [7, 11) is 1.87. The van der Waals surface area contributed by atoms with Crippen molar-refractivity contribution >= 4 is 10.9 Å². The van der Waals surface area contributed by atoms with Crippen LogP contribution in [0.4, 0.5) is 0 Å². The third kappa shape index (κ3) is 2.68. The SMILES string of the molecule is CNC(Cn1nnc2ccccc2c1=O)c1ccccc1. The van der Waals surface area contributed by atoms with E-state index in [0.29, 0.717) is 17.4 Å². The topological polar surface area (TPSA) is 59.8 Å². The summed E-state index contributed by atoms with van der Waals surface area (Å²) >= 11 is 0. The zero-order chi connectivity index (χ0) is 14.7. The lowest BCUT2D eigenvalue weighted by Crippen LogP contribution is -2.31. The van der Waals surface area contributed by atoms with E-state index in [1.165, 1.54) is 4.68 Å². The largest absolute Gasteiger partial charge is 0.311 e. The van der Waals surface area contributed by atoms with Crippen molar-refractivity contribution in [3.63, 3.8) is 0 Å². The van der Waals surface area contributed by atoms with Crippen LogP contribution in [-0.4, -0.2) is 22.0 Å². The van der Waals surface area contributed by atoms with E-state index in [9.17, 15) is 4.79 Å². The van der Waals surface area contributed by atoms with Gasteiger partial charge >= 0.3 is 0 Å². The minimum Gasteiger partial charge on any atom is -0.311 e. The van der Waals surface area contributed by atoms with Crippen molar-refractivity contribution in [2.75, 3.05) is 7.05 Å². The Morgan fingerprint density at radius 1 is 1.10 bits per heavy atom. The minimum absolute atomic E-state index is 0.0133. The van der Waals surface area contributed by atoms with Gasteiger partial charge in [-0.1, -0.05) is 47.7 Å². The van der Waals surface area contributed by atoms with Crippen LogP contribution in [0, 0.1) is 0 Å². The molecule has 106 valence electrons. The van der Waals surface area contributed by atoms with Gasteiger partial charge in [0.1, 0.15) is 5.52 Å². The second kappa shape index (κ2) is 5.85. The molecule has 1 aromatic heterocycles. The molecule has 1 unspecified atom stereocenters. The molecule has 0 amide bonds. The summed E-state index contributed by atoms with van der Waals surface area (Å²) < 4.78 is 1.41. The van der Waals surface area contributed by atoms with Gasteiger partial charge in [0.25, 0.3) is 5.56 Å². The van der Waals surface area contributed by atoms with Crippen LogP contribution in [0.1, 0.15) is 11.6 Å². The molecule has 5 nitrogen and oxygen atoms in total. The van der Waals surface area contributed by atoms with Gasteiger partial charge in [-0.2, -0.15) is 0 Å². The molecule has 0 aliphatic rings. The van der Waals surface area contributed by atoms with E-state index in [2.05, 4.69) is 15.6 Å². The Kier molecular flexibility index (Phi) is 3.75. The van der Waals surface area contributed by atoms with Crippen LogP contribution in [0.3, 0.4) is 0 Å². The maximum absolute atomic E-state index is 12.4. The van der Waals surface area contributed by atoms with Crippen LogP contribution < -0.4 is 10.9 Å². The molecule has 0 bridgehead atoms. The number of hydrogen-bond acceptors (Lipinski definition) is 4. The van der Waals surface area contributed by atoms with Crippen molar-refractivity contribution in [2.45, 2.75) is 12.6 Å². The van der Waals surface area contributed by atoms with Crippen molar-refractivity contribution in [3.05, 3.63) is 70.5 Å². The summed E-state index contributed by atoms with van der Waals surface area (Å²) in [5, 5.41) is 11.9. The fourth-order valence-electron chi connectivity index (χ4n) is 2.36. The molecule has 0 spiro atoms. The molecule has 0 fully saturated rings. The highest BCUT2D eigenvalue weighted by Gasteiger charge is 2.12. The molecular weight excluding hydrogens is 264 g/mol. The van der Waals surface area contributed by atoms with Gasteiger partial charge in [0, 0.05) is 0 Å². The fraction of sp³-hybridized carbons (Fsp3) is 0.188. The number of aromatic nitrogens is 3. The average Bonchev–Trinajstić information content (AvgIpc) is 2.55. The van der Waals surface area contributed by atoms with Gasteiger partial charge in [-0.05, 0) is 24.7 Å². The summed E-state index contributed by atoms with van der Waals surface area (Å²) in [6.45, 7) is 0.442. The smallest absolute Gasteiger partial charge is 0.277 e. The summed E-state index contributed by atoms with van der Waals surface area (Å²) in [5.74, 6) is 0. The van der Waals surface area contributed by atoms with Gasteiger partial charge < -0.3 is 5.32 Å². The summed E-state index contributed by atoms with van der Waals surface area (Å²) in [5.41, 5.74) is 1.62. The van der Waals surface area contributed by atoms with Crippen LogP contribution in [0.15, 0.2) is 59.4 Å². The van der Waals surface area contributed by atoms with Crippen molar-refractivity contribution in [1.82, 2.24) is 20.3 Å². The van der Waals surface area contributed by atoms with Crippen LogP contribution in [0.2, 0.25) is 0 Å². The normalized spacial score (nSPS) is 12.4. The third-order valence-electron chi connectivity index (χ3n) is 3.54. The molecule has 3 aromatic rings. The van der Waals surface area contributed by atoms with E-state index in [4.69, 9.17) is 0 Å². The Hall–Kier alpha value is -2.53. The Bertz CT molecular complexity index is 798. The van der Waals surface area contributed by atoms with E-state index in [0.717, 1.165) is 5.56 Å². The molecule has 0 radical (unpaired) electrons. The van der Waals surface area contributed by atoms with Gasteiger partial charge in [0.15, 0.2) is 0 Å². The van der Waals surface area contributed by atoms with Crippen LogP contribution in [-0.2, 0) is 6.54 Å². The monoisotopic (exact) mass is 280 g/mol. The number of fused-ring (bicyclic) bond motifs is 1. The van der Waals surface area contributed by atoms with Gasteiger partial charge in [-0.3, -0.25) is 4.79 Å². The molecule has 1 atom stereocenters. The molecule has 1 heterocycles. The van der Waals surface area contributed by atoms with Crippen molar-refractivity contribution in [2.24, 2.45) is 0 Å². The van der Waals surface area contributed by atoms with E-state index in [-0.39, 0.29) is 11.6 Å². The molecule has 3 rings (SSSR count). The van der Waals surface area contributed by atoms with Gasteiger partial charge in [0.2, 0.25) is 0 Å². The lowest BCUT2D eigenvalue weighted by Gasteiger charge is -2.16. The zero-order valence-corrected chi connectivity index (χ0v) is 11.7. The molecule has 5 heteroatoms. The molecule has 21 heavy (non-hydrogen) atoms. The summed E-state index contributed by atoms with van der Waals surface area (Å²) in [6, 6.07) is 17.3. The maximum Gasteiger partial charge on any atom is 0.277 e. The van der Waals surface area contributed by atoms with Crippen molar-refractivity contribution < 1.29 is 0 Å². The first-order chi connectivity index (χ1) is 10.3. The molecule has 2 aromatic carbocycles. The first-order valence-corrected chi connectivity index (χ1v) is 6.84. The van der Waals surface area contributed by atoms with Crippen molar-refractivity contribution in [1.29, 1.82) is 0 Å². The fourth-order valence-corrected chi connectivity index (χ4v) is 2.36. The molecule has 1 N–H and O–H groups in total. The zero-order valence-electron chi connectivity index (χ0n) is 11.7. The molecule has 0 saturated heterocycles. The minimum atomic E-state index is -0.114. The molecule has 0 aliphatic carbocycles. The number of hydrogen-bond donors (Lipinski definition) is 1. The Morgan fingerprint density at radius 3 is 2.57 bits per heavy atom. The first kappa shape index (κ1) is 13.5. The predicted molar refractivity (Wildman–Crippen MR) is 82.0 cm³/mol. The van der Waals surface area contributed by atoms with E-state index in [1.807, 2.05) is 49.5 Å². The van der Waals surface area contributed by atoms with Crippen molar-refractivity contribution in [3.8, 4) is 0 Å². The Balaban J connectivity index is 1.97. The van der Waals surface area contributed by atoms with E-state index < -0.39 is 0 Å². The third-order valence-corrected chi connectivity index (χ3v) is 3.54. The maximum atomic E-state index is 12.4. The molecule has 0 aliphatic heterocycles. The van der Waals surface area contributed by atoms with Crippen LogP contribution in [0.25, 0.3) is 10.9 Å². The second-order valence-corrected chi connectivity index (χ2v) is 4.85.